The van der Waals surface area contributed by atoms with Gasteiger partial charge in [-0.25, -0.2) is 4.79 Å². The van der Waals surface area contributed by atoms with Gasteiger partial charge in [0.1, 0.15) is 24.6 Å². The number of aliphatic hydroxyl groups excluding tert-OH is 1. The van der Waals surface area contributed by atoms with Gasteiger partial charge in [0.15, 0.2) is 0 Å². The number of esters is 1. The van der Waals surface area contributed by atoms with Crippen LogP contribution in [0.15, 0.2) is 54.1 Å². The molecular formula is C27H31N2O7+. The highest BCUT2D eigenvalue weighted by Gasteiger charge is 2.46. The molecule has 9 heteroatoms. The van der Waals surface area contributed by atoms with E-state index < -0.39 is 23.7 Å². The average Bonchev–Trinajstić information content (AvgIpc) is 3.18. The van der Waals surface area contributed by atoms with Crippen molar-refractivity contribution in [3.63, 3.8) is 0 Å². The number of ketones is 1. The Morgan fingerprint density at radius 1 is 1.08 bits per heavy atom. The SMILES string of the molecule is COC(=O)c1ccc([C@H]2/C(=C(\O)c3cccc(OC)c3)C(=O)C(=O)N2CCC[NH+]2CCOCC2)cc1. The van der Waals surface area contributed by atoms with Gasteiger partial charge in [-0.05, 0) is 29.8 Å². The third-order valence-electron chi connectivity index (χ3n) is 6.66. The molecule has 2 aromatic carbocycles. The van der Waals surface area contributed by atoms with E-state index in [0.29, 0.717) is 48.6 Å². The summed E-state index contributed by atoms with van der Waals surface area (Å²) < 4.78 is 15.4. The van der Waals surface area contributed by atoms with Crippen molar-refractivity contribution in [1.29, 1.82) is 0 Å². The quantitative estimate of drug-likeness (QED) is 0.245. The number of hydrogen-bond donors (Lipinski definition) is 2. The Morgan fingerprint density at radius 2 is 1.81 bits per heavy atom. The van der Waals surface area contributed by atoms with Crippen molar-refractivity contribution in [3.8, 4) is 5.75 Å². The lowest BCUT2D eigenvalue weighted by molar-refractivity contribution is -0.908. The van der Waals surface area contributed by atoms with Crippen LogP contribution in [0.3, 0.4) is 0 Å². The van der Waals surface area contributed by atoms with Crippen LogP contribution in [0, 0.1) is 0 Å². The number of rotatable bonds is 8. The van der Waals surface area contributed by atoms with E-state index >= 15 is 0 Å². The summed E-state index contributed by atoms with van der Waals surface area (Å²) in [6.45, 7) is 4.45. The first-order valence-corrected chi connectivity index (χ1v) is 12.0. The zero-order valence-electron chi connectivity index (χ0n) is 20.5. The molecule has 0 unspecified atom stereocenters. The average molecular weight is 496 g/mol. The predicted octanol–water partition coefficient (Wildman–Crippen LogP) is 1.21. The zero-order chi connectivity index (χ0) is 25.7. The minimum Gasteiger partial charge on any atom is -0.507 e. The first-order valence-electron chi connectivity index (χ1n) is 12.0. The van der Waals surface area contributed by atoms with Crippen molar-refractivity contribution in [1.82, 2.24) is 4.90 Å². The molecule has 1 amide bonds. The molecule has 2 aromatic rings. The molecule has 2 saturated heterocycles. The van der Waals surface area contributed by atoms with E-state index in [1.807, 2.05) is 0 Å². The topological polar surface area (TPSA) is 107 Å². The molecule has 2 aliphatic rings. The number of hydrogen-bond acceptors (Lipinski definition) is 7. The third kappa shape index (κ3) is 5.27. The summed E-state index contributed by atoms with van der Waals surface area (Å²) in [5.41, 5.74) is 1.35. The molecule has 2 aliphatic heterocycles. The number of ether oxygens (including phenoxy) is 3. The van der Waals surface area contributed by atoms with E-state index in [1.165, 1.54) is 24.0 Å². The van der Waals surface area contributed by atoms with E-state index in [4.69, 9.17) is 14.2 Å². The Bertz CT molecular complexity index is 1150. The number of aliphatic hydroxyl groups is 1. The molecule has 2 N–H and O–H groups in total. The molecule has 0 spiro atoms. The summed E-state index contributed by atoms with van der Waals surface area (Å²) in [7, 11) is 2.81. The molecule has 0 aromatic heterocycles. The Hall–Kier alpha value is -3.69. The number of morpholine rings is 1. The minimum absolute atomic E-state index is 0.0118. The van der Waals surface area contributed by atoms with E-state index in [0.717, 1.165) is 19.6 Å². The highest BCUT2D eigenvalue weighted by molar-refractivity contribution is 6.46. The van der Waals surface area contributed by atoms with Gasteiger partial charge in [0.05, 0.1) is 51.2 Å². The monoisotopic (exact) mass is 495 g/mol. The molecule has 36 heavy (non-hydrogen) atoms. The molecule has 4 rings (SSSR count). The summed E-state index contributed by atoms with van der Waals surface area (Å²) >= 11 is 0. The fraction of sp³-hybridized carbons (Fsp3) is 0.370. The van der Waals surface area contributed by atoms with Crippen molar-refractivity contribution in [2.45, 2.75) is 12.5 Å². The molecule has 190 valence electrons. The predicted molar refractivity (Wildman–Crippen MR) is 131 cm³/mol. The summed E-state index contributed by atoms with van der Waals surface area (Å²) in [5, 5.41) is 11.2. The smallest absolute Gasteiger partial charge is 0.337 e. The number of benzene rings is 2. The van der Waals surface area contributed by atoms with E-state index in [2.05, 4.69) is 0 Å². The number of carbonyl (C=O) groups excluding carboxylic acids is 3. The molecule has 0 bridgehead atoms. The highest BCUT2D eigenvalue weighted by atomic mass is 16.5. The van der Waals surface area contributed by atoms with E-state index in [-0.39, 0.29) is 11.3 Å². The van der Waals surface area contributed by atoms with Crippen LogP contribution < -0.4 is 9.64 Å². The molecule has 0 aliphatic carbocycles. The number of nitrogens with zero attached hydrogens (tertiary/aromatic N) is 1. The molecule has 9 nitrogen and oxygen atoms in total. The van der Waals surface area contributed by atoms with E-state index in [9.17, 15) is 19.5 Å². The second-order valence-electron chi connectivity index (χ2n) is 8.80. The lowest BCUT2D eigenvalue weighted by Crippen LogP contribution is -3.14. The number of quaternary nitrogens is 1. The van der Waals surface area contributed by atoms with Gasteiger partial charge in [-0.3, -0.25) is 9.59 Å². The summed E-state index contributed by atoms with van der Waals surface area (Å²) in [6.07, 6.45) is 0.693. The summed E-state index contributed by atoms with van der Waals surface area (Å²) in [5.74, 6) is -1.63. The van der Waals surface area contributed by atoms with E-state index in [1.54, 1.807) is 48.5 Å². The maximum atomic E-state index is 13.2. The largest absolute Gasteiger partial charge is 0.507 e. The van der Waals surface area contributed by atoms with Crippen LogP contribution in [0.5, 0.6) is 5.75 Å². The molecule has 2 fully saturated rings. The lowest BCUT2D eigenvalue weighted by atomic mass is 9.94. The lowest BCUT2D eigenvalue weighted by Gasteiger charge is -2.27. The third-order valence-corrected chi connectivity index (χ3v) is 6.66. The van der Waals surface area contributed by atoms with Crippen LogP contribution in [0.2, 0.25) is 0 Å². The Balaban J connectivity index is 1.69. The van der Waals surface area contributed by atoms with Crippen LogP contribution >= 0.6 is 0 Å². The first-order chi connectivity index (χ1) is 17.4. The Kier molecular flexibility index (Phi) is 8.02. The van der Waals surface area contributed by atoms with Crippen LogP contribution in [0.1, 0.15) is 33.9 Å². The van der Waals surface area contributed by atoms with Gasteiger partial charge in [0.25, 0.3) is 11.7 Å². The second-order valence-corrected chi connectivity index (χ2v) is 8.80. The van der Waals surface area contributed by atoms with Crippen LogP contribution in [0.25, 0.3) is 5.76 Å². The highest BCUT2D eigenvalue weighted by Crippen LogP contribution is 2.39. The zero-order valence-corrected chi connectivity index (χ0v) is 20.5. The van der Waals surface area contributed by atoms with Crippen molar-refractivity contribution >= 4 is 23.4 Å². The second kappa shape index (κ2) is 11.4. The summed E-state index contributed by atoms with van der Waals surface area (Å²) in [6, 6.07) is 12.5. The number of methoxy groups -OCH3 is 2. The van der Waals surface area contributed by atoms with Crippen LogP contribution in [-0.2, 0) is 19.1 Å². The minimum atomic E-state index is -0.789. The van der Waals surface area contributed by atoms with Gasteiger partial charge < -0.3 is 29.1 Å². The van der Waals surface area contributed by atoms with Crippen LogP contribution in [-0.4, -0.2) is 81.3 Å². The Labute approximate surface area is 209 Å². The van der Waals surface area contributed by atoms with Crippen LogP contribution in [0.4, 0.5) is 0 Å². The summed E-state index contributed by atoms with van der Waals surface area (Å²) in [4.78, 5) is 41.2. The normalized spacial score (nSPS) is 19.9. The Morgan fingerprint density at radius 3 is 2.47 bits per heavy atom. The standard InChI is InChI=1S/C27H30N2O7/c1-34-21-6-3-5-20(17-21)24(30)22-23(18-7-9-19(10-8-18)27(33)35-2)29(26(32)25(22)31)12-4-11-28-13-15-36-16-14-28/h3,5-10,17,23,30H,4,11-16H2,1-2H3/p+1/b24-22+/t23-/m0/s1. The number of likely N-dealkylation sites (tertiary alicyclic amines) is 1. The number of Topliss-reactive ketones (excluding diaryl/α,β-unsaturated/α-hetero) is 1. The fourth-order valence-corrected chi connectivity index (χ4v) is 4.71. The van der Waals surface area contributed by atoms with Crippen molar-refractivity contribution < 1.29 is 38.6 Å². The molecule has 0 radical (unpaired) electrons. The first kappa shape index (κ1) is 25.4. The number of carbonyl (C=O) groups is 3. The van der Waals surface area contributed by atoms with Gasteiger partial charge >= 0.3 is 5.97 Å². The van der Waals surface area contributed by atoms with Gasteiger partial charge in [-0.15, -0.1) is 0 Å². The number of nitrogens with one attached hydrogen (secondary N) is 1. The van der Waals surface area contributed by atoms with Gasteiger partial charge in [-0.2, -0.15) is 0 Å². The molecule has 0 saturated carbocycles. The van der Waals surface area contributed by atoms with Crippen molar-refractivity contribution in [3.05, 3.63) is 70.8 Å². The number of amides is 1. The molecular weight excluding hydrogens is 464 g/mol. The molecule has 1 atom stereocenters. The maximum Gasteiger partial charge on any atom is 0.337 e. The van der Waals surface area contributed by atoms with Gasteiger partial charge in [-0.1, -0.05) is 24.3 Å². The fourth-order valence-electron chi connectivity index (χ4n) is 4.71. The van der Waals surface area contributed by atoms with Crippen molar-refractivity contribution in [2.75, 3.05) is 53.6 Å². The van der Waals surface area contributed by atoms with Gasteiger partial charge in [0, 0.05) is 18.5 Å². The maximum absolute atomic E-state index is 13.2. The van der Waals surface area contributed by atoms with Gasteiger partial charge in [0.2, 0.25) is 0 Å². The van der Waals surface area contributed by atoms with Crippen molar-refractivity contribution in [2.24, 2.45) is 0 Å². The molecule has 2 heterocycles.